The van der Waals surface area contributed by atoms with E-state index in [1.165, 1.54) is 34.6 Å². The molecule has 0 aliphatic heterocycles. The van der Waals surface area contributed by atoms with Crippen molar-refractivity contribution < 1.29 is 0 Å². The molecule has 0 bridgehead atoms. The summed E-state index contributed by atoms with van der Waals surface area (Å²) >= 11 is 0. The summed E-state index contributed by atoms with van der Waals surface area (Å²) in [6.45, 7) is 5.41. The summed E-state index contributed by atoms with van der Waals surface area (Å²) in [4.78, 5) is 0. The maximum atomic E-state index is 3.53. The predicted octanol–water partition coefficient (Wildman–Crippen LogP) is 4.18. The Morgan fingerprint density at radius 1 is 0.850 bits per heavy atom. The molecular formula is C18H22N2. The van der Waals surface area contributed by atoms with Crippen LogP contribution in [0.2, 0.25) is 0 Å². The smallest absolute Gasteiger partial charge is 0.0491 e. The monoisotopic (exact) mass is 266 g/mol. The Morgan fingerprint density at radius 3 is 2.05 bits per heavy atom. The van der Waals surface area contributed by atoms with E-state index in [9.17, 15) is 0 Å². The van der Waals surface area contributed by atoms with Crippen LogP contribution in [0.5, 0.6) is 0 Å². The van der Waals surface area contributed by atoms with E-state index in [0.29, 0.717) is 0 Å². The number of unbranched alkanes of at least 4 members (excludes halogenated alkanes) is 1. The number of hydrogen-bond donors (Lipinski definition) is 1. The molecule has 104 valence electrons. The van der Waals surface area contributed by atoms with E-state index in [4.69, 9.17) is 0 Å². The molecule has 0 saturated heterocycles. The van der Waals surface area contributed by atoms with E-state index < -0.39 is 0 Å². The number of nitrogens with one attached hydrogen (secondary N) is 1. The van der Waals surface area contributed by atoms with Crippen LogP contribution in [0.1, 0.15) is 19.8 Å². The predicted molar refractivity (Wildman–Crippen MR) is 87.2 cm³/mol. The number of nitrogens with zero attached hydrogens (tertiary/aromatic N) is 1. The summed E-state index contributed by atoms with van der Waals surface area (Å²) in [5.74, 6) is 0. The SMILES string of the molecule is CCCCNCCn1c2ccccc2c2ccccc21. The summed E-state index contributed by atoms with van der Waals surface area (Å²) in [5.41, 5.74) is 2.68. The Labute approximate surface area is 120 Å². The zero-order valence-corrected chi connectivity index (χ0v) is 12.1. The van der Waals surface area contributed by atoms with Crippen molar-refractivity contribution in [1.82, 2.24) is 9.88 Å². The van der Waals surface area contributed by atoms with Crippen molar-refractivity contribution in [3.05, 3.63) is 48.5 Å². The summed E-state index contributed by atoms with van der Waals surface area (Å²) in [7, 11) is 0. The van der Waals surface area contributed by atoms with Crippen molar-refractivity contribution >= 4 is 21.8 Å². The van der Waals surface area contributed by atoms with Crippen molar-refractivity contribution in [2.24, 2.45) is 0 Å². The Balaban J connectivity index is 1.91. The molecule has 1 N–H and O–H groups in total. The Kier molecular flexibility index (Phi) is 4.03. The molecule has 0 atom stereocenters. The van der Waals surface area contributed by atoms with Crippen LogP contribution in [0.3, 0.4) is 0 Å². The number of fused-ring (bicyclic) bond motifs is 3. The van der Waals surface area contributed by atoms with Crippen LogP contribution >= 0.6 is 0 Å². The number of aromatic nitrogens is 1. The maximum absolute atomic E-state index is 3.53. The fourth-order valence-electron chi connectivity index (χ4n) is 2.86. The highest BCUT2D eigenvalue weighted by atomic mass is 15.0. The number of hydrogen-bond acceptors (Lipinski definition) is 1. The Morgan fingerprint density at radius 2 is 1.45 bits per heavy atom. The second kappa shape index (κ2) is 6.10. The van der Waals surface area contributed by atoms with Gasteiger partial charge in [0.2, 0.25) is 0 Å². The van der Waals surface area contributed by atoms with Gasteiger partial charge in [0.15, 0.2) is 0 Å². The highest BCUT2D eigenvalue weighted by molar-refractivity contribution is 6.07. The quantitative estimate of drug-likeness (QED) is 0.662. The Hall–Kier alpha value is -1.80. The molecule has 2 heteroatoms. The summed E-state index contributed by atoms with van der Waals surface area (Å²) in [6, 6.07) is 17.4. The summed E-state index contributed by atoms with van der Waals surface area (Å²) < 4.78 is 2.43. The molecule has 2 aromatic carbocycles. The van der Waals surface area contributed by atoms with Crippen LogP contribution in [-0.4, -0.2) is 17.7 Å². The lowest BCUT2D eigenvalue weighted by Crippen LogP contribution is -2.20. The molecule has 3 aromatic rings. The van der Waals surface area contributed by atoms with Gasteiger partial charge in [0, 0.05) is 34.9 Å². The maximum Gasteiger partial charge on any atom is 0.0491 e. The van der Waals surface area contributed by atoms with Crippen molar-refractivity contribution in [3.63, 3.8) is 0 Å². The molecule has 0 unspecified atom stereocenters. The van der Waals surface area contributed by atoms with Gasteiger partial charge >= 0.3 is 0 Å². The minimum Gasteiger partial charge on any atom is -0.339 e. The minimum atomic E-state index is 1.03. The molecule has 20 heavy (non-hydrogen) atoms. The van der Waals surface area contributed by atoms with E-state index in [-0.39, 0.29) is 0 Å². The topological polar surface area (TPSA) is 17.0 Å². The molecular weight excluding hydrogens is 244 g/mol. The van der Waals surface area contributed by atoms with Crippen LogP contribution in [0.15, 0.2) is 48.5 Å². The first kappa shape index (κ1) is 13.2. The van der Waals surface area contributed by atoms with Gasteiger partial charge in [-0.25, -0.2) is 0 Å². The Bertz CT molecular complexity index is 644. The molecule has 2 nitrogen and oxygen atoms in total. The number of para-hydroxylation sites is 2. The summed E-state index contributed by atoms with van der Waals surface area (Å²) in [6.07, 6.45) is 2.51. The average Bonchev–Trinajstić information content (AvgIpc) is 2.82. The van der Waals surface area contributed by atoms with Gasteiger partial charge in [-0.1, -0.05) is 49.7 Å². The largest absolute Gasteiger partial charge is 0.339 e. The third kappa shape index (κ3) is 2.44. The first-order valence-electron chi connectivity index (χ1n) is 7.58. The van der Waals surface area contributed by atoms with Crippen LogP contribution < -0.4 is 5.32 Å². The molecule has 0 amide bonds. The van der Waals surface area contributed by atoms with Gasteiger partial charge in [-0.05, 0) is 25.1 Å². The van der Waals surface area contributed by atoms with Crippen LogP contribution in [0.25, 0.3) is 21.8 Å². The lowest BCUT2D eigenvalue weighted by molar-refractivity contribution is 0.595. The van der Waals surface area contributed by atoms with Gasteiger partial charge in [-0.2, -0.15) is 0 Å². The van der Waals surface area contributed by atoms with Gasteiger partial charge in [0.25, 0.3) is 0 Å². The molecule has 0 aliphatic carbocycles. The lowest BCUT2D eigenvalue weighted by atomic mass is 10.2. The third-order valence-electron chi connectivity index (χ3n) is 3.90. The number of benzene rings is 2. The standard InChI is InChI=1S/C18H22N2/c1-2-3-12-19-13-14-20-17-10-6-4-8-15(17)16-9-5-7-11-18(16)20/h4-11,19H,2-3,12-14H2,1H3. The molecule has 0 spiro atoms. The van der Waals surface area contributed by atoms with E-state index in [0.717, 1.165) is 19.6 Å². The first-order valence-corrected chi connectivity index (χ1v) is 7.58. The van der Waals surface area contributed by atoms with Gasteiger partial charge in [0.1, 0.15) is 0 Å². The zero-order chi connectivity index (χ0) is 13.8. The third-order valence-corrected chi connectivity index (χ3v) is 3.90. The molecule has 1 aromatic heterocycles. The van der Waals surface area contributed by atoms with Crippen LogP contribution in [0, 0.1) is 0 Å². The van der Waals surface area contributed by atoms with Gasteiger partial charge in [-0.15, -0.1) is 0 Å². The molecule has 0 saturated carbocycles. The van der Waals surface area contributed by atoms with E-state index in [1.807, 2.05) is 0 Å². The number of rotatable bonds is 6. The van der Waals surface area contributed by atoms with Gasteiger partial charge < -0.3 is 9.88 Å². The molecule has 3 rings (SSSR count). The van der Waals surface area contributed by atoms with Gasteiger partial charge in [0.05, 0.1) is 0 Å². The molecule has 0 fully saturated rings. The van der Waals surface area contributed by atoms with Crippen LogP contribution in [0.4, 0.5) is 0 Å². The molecule has 0 radical (unpaired) electrons. The lowest BCUT2D eigenvalue weighted by Gasteiger charge is -2.08. The van der Waals surface area contributed by atoms with Crippen molar-refractivity contribution in [3.8, 4) is 0 Å². The van der Waals surface area contributed by atoms with Crippen LogP contribution in [-0.2, 0) is 6.54 Å². The first-order chi connectivity index (χ1) is 9.92. The zero-order valence-electron chi connectivity index (χ0n) is 12.1. The minimum absolute atomic E-state index is 1.03. The second-order valence-electron chi connectivity index (χ2n) is 5.29. The fourth-order valence-corrected chi connectivity index (χ4v) is 2.86. The highest BCUT2D eigenvalue weighted by Gasteiger charge is 2.08. The van der Waals surface area contributed by atoms with E-state index in [2.05, 4.69) is 65.3 Å². The van der Waals surface area contributed by atoms with E-state index in [1.54, 1.807) is 0 Å². The second-order valence-corrected chi connectivity index (χ2v) is 5.29. The normalized spacial score (nSPS) is 11.4. The van der Waals surface area contributed by atoms with Crippen molar-refractivity contribution in [2.75, 3.05) is 13.1 Å². The summed E-state index contributed by atoms with van der Waals surface area (Å²) in [5, 5.41) is 6.25. The fraction of sp³-hybridized carbons (Fsp3) is 0.333. The molecule has 0 aliphatic rings. The molecule has 1 heterocycles. The van der Waals surface area contributed by atoms with E-state index >= 15 is 0 Å². The van der Waals surface area contributed by atoms with Gasteiger partial charge in [-0.3, -0.25) is 0 Å². The van der Waals surface area contributed by atoms with Crippen molar-refractivity contribution in [1.29, 1.82) is 0 Å². The van der Waals surface area contributed by atoms with Crippen molar-refractivity contribution in [2.45, 2.75) is 26.3 Å². The average molecular weight is 266 g/mol. The highest BCUT2D eigenvalue weighted by Crippen LogP contribution is 2.28.